The van der Waals surface area contributed by atoms with Gasteiger partial charge >= 0.3 is 11.8 Å². The molecule has 154 valence electrons. The molecular formula is C20H13BrCl2FN3O3. The van der Waals surface area contributed by atoms with Crippen molar-refractivity contribution in [1.29, 1.82) is 0 Å². The number of amides is 2. The molecule has 0 aliphatic carbocycles. The number of hydrogen-bond acceptors (Lipinski definition) is 4. The van der Waals surface area contributed by atoms with Gasteiger partial charge in [-0.3, -0.25) is 9.59 Å². The zero-order valence-electron chi connectivity index (χ0n) is 15.1. The second-order valence-corrected chi connectivity index (χ2v) is 7.65. The topological polar surface area (TPSA) is 83.7 Å². The summed E-state index contributed by atoms with van der Waals surface area (Å²) in [5.74, 6) is -1.45. The van der Waals surface area contributed by atoms with Gasteiger partial charge in [0.05, 0.1) is 28.5 Å². The van der Waals surface area contributed by atoms with Crippen LogP contribution in [0.1, 0.15) is 11.5 Å². The summed E-state index contributed by atoms with van der Waals surface area (Å²) in [6.07, 6.45) is 1.36. The highest BCUT2D eigenvalue weighted by atomic mass is 79.9. The molecule has 30 heavy (non-hydrogen) atoms. The number of nitrogens with zero attached hydrogens (tertiary/aromatic N) is 1. The molecule has 2 aromatic carbocycles. The Labute approximate surface area is 189 Å². The molecule has 0 bridgehead atoms. The molecule has 0 aliphatic heterocycles. The maximum absolute atomic E-state index is 13.8. The fourth-order valence-corrected chi connectivity index (χ4v) is 2.92. The number of nitrogens with one attached hydrogen (secondary N) is 2. The molecule has 10 heteroatoms. The van der Waals surface area contributed by atoms with Crippen LogP contribution in [0.2, 0.25) is 10.0 Å². The Hall–Kier alpha value is -2.68. The first-order chi connectivity index (χ1) is 14.3. The number of halogens is 4. The first kappa shape index (κ1) is 22.0. The van der Waals surface area contributed by atoms with Gasteiger partial charge in [0.25, 0.3) is 0 Å². The molecule has 2 N–H and O–H groups in total. The Morgan fingerprint density at radius 3 is 2.60 bits per heavy atom. The van der Waals surface area contributed by atoms with Gasteiger partial charge in [0, 0.05) is 10.2 Å². The zero-order chi connectivity index (χ0) is 21.7. The van der Waals surface area contributed by atoms with E-state index in [0.29, 0.717) is 26.7 Å². The lowest BCUT2D eigenvalue weighted by Crippen LogP contribution is -2.34. The number of carbonyl (C=O) groups is 2. The molecule has 0 aliphatic rings. The highest BCUT2D eigenvalue weighted by Gasteiger charge is 2.15. The summed E-state index contributed by atoms with van der Waals surface area (Å²) >= 11 is 14.9. The van der Waals surface area contributed by atoms with Gasteiger partial charge < -0.3 is 15.1 Å². The Morgan fingerprint density at radius 1 is 1.07 bits per heavy atom. The fraction of sp³-hybridized carbons (Fsp3) is 0.0500. The Bertz CT molecular complexity index is 1130. The summed E-state index contributed by atoms with van der Waals surface area (Å²) < 4.78 is 19.9. The standard InChI is InChI=1S/C20H13BrCl2FN3O3/c21-11-1-6-18(17(24)7-11)25-9-13-3-4-14(30-13)10-26-19(28)20(29)27-12-2-5-15(22)16(23)8-12/h1-9H,10H2,(H,26,28)(H,27,29). The molecule has 0 unspecified atom stereocenters. The van der Waals surface area contributed by atoms with Crippen molar-refractivity contribution in [3.8, 4) is 0 Å². The van der Waals surface area contributed by atoms with Crippen LogP contribution in [0, 0.1) is 5.82 Å². The van der Waals surface area contributed by atoms with E-state index >= 15 is 0 Å². The molecule has 0 saturated carbocycles. The monoisotopic (exact) mass is 511 g/mol. The highest BCUT2D eigenvalue weighted by Crippen LogP contribution is 2.25. The molecule has 3 rings (SSSR count). The predicted molar refractivity (Wildman–Crippen MR) is 117 cm³/mol. The number of carbonyl (C=O) groups excluding carboxylic acids is 2. The van der Waals surface area contributed by atoms with E-state index in [1.54, 1.807) is 18.2 Å². The number of anilines is 1. The summed E-state index contributed by atoms with van der Waals surface area (Å²) in [6, 6.07) is 12.2. The molecular weight excluding hydrogens is 500 g/mol. The summed E-state index contributed by atoms with van der Waals surface area (Å²) in [5, 5.41) is 5.43. The molecule has 1 aromatic heterocycles. The molecule has 3 aromatic rings. The van der Waals surface area contributed by atoms with Crippen molar-refractivity contribution in [2.75, 3.05) is 5.32 Å². The molecule has 0 radical (unpaired) electrons. The minimum absolute atomic E-state index is 0.0197. The van der Waals surface area contributed by atoms with Crippen LogP contribution in [-0.2, 0) is 16.1 Å². The van der Waals surface area contributed by atoms with Gasteiger partial charge in [-0.2, -0.15) is 0 Å². The number of rotatable bonds is 5. The first-order valence-corrected chi connectivity index (χ1v) is 9.99. The summed E-state index contributed by atoms with van der Waals surface area (Å²) in [5.41, 5.74) is 0.490. The SMILES string of the molecule is O=C(NCc1ccc(C=Nc2ccc(Br)cc2F)o1)C(=O)Nc1ccc(Cl)c(Cl)c1. The van der Waals surface area contributed by atoms with E-state index in [4.69, 9.17) is 27.6 Å². The third-order valence-electron chi connectivity index (χ3n) is 3.73. The van der Waals surface area contributed by atoms with E-state index in [9.17, 15) is 14.0 Å². The second-order valence-electron chi connectivity index (χ2n) is 5.92. The van der Waals surface area contributed by atoms with Crippen molar-refractivity contribution < 1.29 is 18.4 Å². The Kier molecular flexibility index (Phi) is 7.25. The normalized spacial score (nSPS) is 10.9. The lowest BCUT2D eigenvalue weighted by Gasteiger charge is -2.06. The number of aliphatic imine (C=N–C) groups is 1. The van der Waals surface area contributed by atoms with E-state index in [0.717, 1.165) is 0 Å². The molecule has 0 saturated heterocycles. The van der Waals surface area contributed by atoms with Crippen LogP contribution in [0.15, 0.2) is 62.4 Å². The summed E-state index contributed by atoms with van der Waals surface area (Å²) in [6.45, 7) is -0.0197. The van der Waals surface area contributed by atoms with Crippen LogP contribution in [0.5, 0.6) is 0 Å². The van der Waals surface area contributed by atoms with E-state index < -0.39 is 17.6 Å². The van der Waals surface area contributed by atoms with Gasteiger partial charge in [-0.25, -0.2) is 9.38 Å². The van der Waals surface area contributed by atoms with E-state index in [1.807, 2.05) is 0 Å². The van der Waals surface area contributed by atoms with Crippen molar-refractivity contribution in [2.45, 2.75) is 6.54 Å². The van der Waals surface area contributed by atoms with Gasteiger partial charge in [0.2, 0.25) is 0 Å². The third-order valence-corrected chi connectivity index (χ3v) is 4.96. The lowest BCUT2D eigenvalue weighted by atomic mass is 10.3. The number of hydrogen-bond donors (Lipinski definition) is 2. The quantitative estimate of drug-likeness (QED) is 0.350. The minimum atomic E-state index is -0.868. The van der Waals surface area contributed by atoms with Crippen molar-refractivity contribution in [1.82, 2.24) is 5.32 Å². The van der Waals surface area contributed by atoms with Crippen LogP contribution < -0.4 is 10.6 Å². The van der Waals surface area contributed by atoms with Crippen LogP contribution in [0.25, 0.3) is 0 Å². The molecule has 2 amide bonds. The second kappa shape index (κ2) is 9.88. The van der Waals surface area contributed by atoms with E-state index in [-0.39, 0.29) is 17.3 Å². The molecule has 0 spiro atoms. The van der Waals surface area contributed by atoms with Crippen molar-refractivity contribution >= 4 is 68.5 Å². The Balaban J connectivity index is 1.54. The average molecular weight is 513 g/mol. The summed E-state index contributed by atoms with van der Waals surface area (Å²) in [4.78, 5) is 27.9. The molecule has 6 nitrogen and oxygen atoms in total. The summed E-state index contributed by atoms with van der Waals surface area (Å²) in [7, 11) is 0. The number of furan rings is 1. The smallest absolute Gasteiger partial charge is 0.313 e. The lowest BCUT2D eigenvalue weighted by molar-refractivity contribution is -0.136. The van der Waals surface area contributed by atoms with Crippen molar-refractivity contribution in [3.63, 3.8) is 0 Å². The van der Waals surface area contributed by atoms with Gasteiger partial charge in [-0.1, -0.05) is 39.1 Å². The zero-order valence-corrected chi connectivity index (χ0v) is 18.2. The van der Waals surface area contributed by atoms with Crippen molar-refractivity contribution in [2.24, 2.45) is 4.99 Å². The van der Waals surface area contributed by atoms with Crippen LogP contribution >= 0.6 is 39.1 Å². The molecule has 1 heterocycles. The van der Waals surface area contributed by atoms with Gasteiger partial charge in [-0.05, 0) is 48.5 Å². The Morgan fingerprint density at radius 2 is 1.87 bits per heavy atom. The van der Waals surface area contributed by atoms with Gasteiger partial charge in [0.15, 0.2) is 0 Å². The van der Waals surface area contributed by atoms with Crippen LogP contribution in [0.3, 0.4) is 0 Å². The van der Waals surface area contributed by atoms with Gasteiger partial charge in [0.1, 0.15) is 17.3 Å². The highest BCUT2D eigenvalue weighted by molar-refractivity contribution is 9.10. The minimum Gasteiger partial charge on any atom is -0.458 e. The van der Waals surface area contributed by atoms with Gasteiger partial charge in [-0.15, -0.1) is 0 Å². The third kappa shape index (κ3) is 5.91. The van der Waals surface area contributed by atoms with E-state index in [2.05, 4.69) is 31.6 Å². The molecule has 0 atom stereocenters. The first-order valence-electron chi connectivity index (χ1n) is 8.44. The van der Waals surface area contributed by atoms with E-state index in [1.165, 1.54) is 36.5 Å². The maximum atomic E-state index is 13.8. The number of benzene rings is 2. The van der Waals surface area contributed by atoms with Crippen molar-refractivity contribution in [3.05, 3.63) is 80.4 Å². The average Bonchev–Trinajstić information content (AvgIpc) is 3.16. The fourth-order valence-electron chi connectivity index (χ4n) is 2.29. The molecule has 0 fully saturated rings. The predicted octanol–water partition coefficient (Wildman–Crippen LogP) is 5.49. The largest absolute Gasteiger partial charge is 0.458 e. The van der Waals surface area contributed by atoms with Crippen LogP contribution in [0.4, 0.5) is 15.8 Å². The van der Waals surface area contributed by atoms with Crippen LogP contribution in [-0.4, -0.2) is 18.0 Å². The maximum Gasteiger partial charge on any atom is 0.313 e.